The average Bonchev–Trinajstić information content (AvgIpc) is 4.23. The third kappa shape index (κ3) is 8.06. The van der Waals surface area contributed by atoms with Gasteiger partial charge in [-0.2, -0.15) is 0 Å². The molecule has 2 heteroatoms. The number of rotatable bonds is 5. The van der Waals surface area contributed by atoms with Gasteiger partial charge in [-0.25, -0.2) is 0 Å². The van der Waals surface area contributed by atoms with Gasteiger partial charge in [0.25, 0.3) is 0 Å². The molecule has 0 saturated carbocycles. The lowest BCUT2D eigenvalue weighted by atomic mass is 9.75. The molecule has 0 unspecified atom stereocenters. The predicted octanol–water partition coefficient (Wildman–Crippen LogP) is 21.8. The number of hydrogen-bond donors (Lipinski definition) is 0. The van der Waals surface area contributed by atoms with Crippen LogP contribution in [0.2, 0.25) is 0 Å². The van der Waals surface area contributed by atoms with E-state index in [-0.39, 0.29) is 10.8 Å². The summed E-state index contributed by atoms with van der Waals surface area (Å²) in [6.45, 7) is 18.3. The molecule has 0 radical (unpaired) electrons. The summed E-state index contributed by atoms with van der Waals surface area (Å²) in [6, 6.07) is 69.5. The van der Waals surface area contributed by atoms with Gasteiger partial charge >= 0.3 is 0 Å². The molecule has 0 saturated heterocycles. The number of para-hydroxylation sites is 2. The van der Waals surface area contributed by atoms with Crippen LogP contribution in [0.4, 0.5) is 0 Å². The minimum atomic E-state index is -0.251. The second-order valence-electron chi connectivity index (χ2n) is 23.4. The maximum atomic E-state index is 6.44. The van der Waals surface area contributed by atoms with E-state index >= 15 is 0 Å². The van der Waals surface area contributed by atoms with Gasteiger partial charge in [-0.1, -0.05) is 205 Å². The number of fused-ring (bicyclic) bond motifs is 11. The van der Waals surface area contributed by atoms with E-state index in [1.54, 1.807) is 0 Å². The summed E-state index contributed by atoms with van der Waals surface area (Å²) in [5.41, 5.74) is 25.5. The maximum Gasteiger partial charge on any atom is 0.135 e. The molecule has 12 aromatic rings. The van der Waals surface area contributed by atoms with Crippen molar-refractivity contribution in [2.45, 2.75) is 78.1 Å². The zero-order chi connectivity index (χ0) is 54.4. The largest absolute Gasteiger partial charge is 0.456 e. The molecule has 2 nitrogen and oxygen atoms in total. The van der Waals surface area contributed by atoms with Crippen LogP contribution in [0.1, 0.15) is 86.4 Å². The highest BCUT2D eigenvalue weighted by Gasteiger charge is 2.38. The zero-order valence-electron chi connectivity index (χ0n) is 46.6. The van der Waals surface area contributed by atoms with E-state index in [1.165, 1.54) is 105 Å². The van der Waals surface area contributed by atoms with Crippen LogP contribution >= 0.6 is 0 Å². The van der Waals surface area contributed by atoms with E-state index in [0.717, 1.165) is 80.7 Å². The first kappa shape index (κ1) is 49.3. The van der Waals surface area contributed by atoms with E-state index in [4.69, 9.17) is 8.83 Å². The van der Waals surface area contributed by atoms with Crippen LogP contribution in [0.25, 0.3) is 110 Å². The summed E-state index contributed by atoms with van der Waals surface area (Å²) < 4.78 is 12.9. The number of benzene rings is 10. The fourth-order valence-electron chi connectivity index (χ4n) is 13.6. The molecule has 0 amide bonds. The van der Waals surface area contributed by atoms with Gasteiger partial charge in [-0.15, -0.1) is 0 Å². The quantitative estimate of drug-likeness (QED) is 0.161. The van der Waals surface area contributed by atoms with Crippen molar-refractivity contribution in [2.24, 2.45) is 0 Å². The van der Waals surface area contributed by atoms with Gasteiger partial charge in [-0.3, -0.25) is 0 Å². The molecule has 2 aromatic heterocycles. The van der Waals surface area contributed by atoms with Crippen LogP contribution in [-0.4, -0.2) is 0 Å². The van der Waals surface area contributed by atoms with Crippen molar-refractivity contribution in [1.29, 1.82) is 0 Å². The molecular weight excluding hydrogens is 969 g/mol. The summed E-state index contributed by atoms with van der Waals surface area (Å²) in [6.07, 6.45) is 15.3. The minimum Gasteiger partial charge on any atom is -0.456 e. The summed E-state index contributed by atoms with van der Waals surface area (Å²) in [4.78, 5) is 0. The lowest BCUT2D eigenvalue weighted by Crippen LogP contribution is -2.20. The predicted molar refractivity (Wildman–Crippen MR) is 341 cm³/mol. The Morgan fingerprint density at radius 2 is 1.01 bits per heavy atom. The van der Waals surface area contributed by atoms with Crippen molar-refractivity contribution in [1.82, 2.24) is 0 Å². The molecule has 0 atom stereocenters. The fourth-order valence-corrected chi connectivity index (χ4v) is 13.6. The van der Waals surface area contributed by atoms with Crippen molar-refractivity contribution >= 4 is 76.6 Å². The first-order chi connectivity index (χ1) is 38.9. The van der Waals surface area contributed by atoms with Crippen LogP contribution in [0, 0.1) is 6.92 Å². The maximum absolute atomic E-state index is 6.44. The molecule has 0 fully saturated rings. The van der Waals surface area contributed by atoms with Gasteiger partial charge in [0.2, 0.25) is 0 Å². The molecule has 3 aliphatic rings. The number of furan rings is 2. The fraction of sp³-hybridized carbons (Fsp3) is 0.154. The lowest BCUT2D eigenvalue weighted by Gasteiger charge is -2.29. The molecule has 15 rings (SSSR count). The van der Waals surface area contributed by atoms with Gasteiger partial charge in [-0.05, 0) is 203 Å². The molecule has 2 heterocycles. The topological polar surface area (TPSA) is 26.3 Å². The number of hydrogen-bond acceptors (Lipinski definition) is 2. The molecule has 3 aliphatic carbocycles. The minimum absolute atomic E-state index is 0.0624. The number of allylic oxidation sites excluding steroid dienone is 9. The SMILES string of the molecule is C=C1/C=C\C=C/Cc2ccc(-c3ccc4c(-c5ccc6oc7ccccc7c6c5)c5cc(C6=CC7=C(CC6)c6ccccc6C7(C)C)ccc5c(-c5ccc6oc7ccccc7c6c5)c4c3)cc2C1(C)C.CCc1ccccc1C. The van der Waals surface area contributed by atoms with Crippen molar-refractivity contribution < 1.29 is 8.83 Å². The Hall–Kier alpha value is -8.98. The molecule has 0 spiro atoms. The van der Waals surface area contributed by atoms with Crippen molar-refractivity contribution in [3.63, 3.8) is 0 Å². The highest BCUT2D eigenvalue weighted by atomic mass is 16.3. The van der Waals surface area contributed by atoms with Crippen LogP contribution in [0.15, 0.2) is 245 Å². The van der Waals surface area contributed by atoms with E-state index < -0.39 is 0 Å². The molecule has 0 N–H and O–H groups in total. The summed E-state index contributed by atoms with van der Waals surface area (Å²) >= 11 is 0. The summed E-state index contributed by atoms with van der Waals surface area (Å²) in [5, 5.41) is 9.35. The Balaban J connectivity index is 0.000000587. The second kappa shape index (κ2) is 19.1. The van der Waals surface area contributed by atoms with Crippen molar-refractivity contribution in [3.8, 4) is 33.4 Å². The van der Waals surface area contributed by atoms with E-state index in [2.05, 4.69) is 267 Å². The van der Waals surface area contributed by atoms with Crippen molar-refractivity contribution in [3.05, 3.63) is 275 Å². The normalized spacial score (nSPS) is 16.2. The highest BCUT2D eigenvalue weighted by Crippen LogP contribution is 2.53. The Kier molecular flexibility index (Phi) is 11.8. The van der Waals surface area contributed by atoms with Crippen molar-refractivity contribution in [2.75, 3.05) is 0 Å². The van der Waals surface area contributed by atoms with E-state index in [1.807, 2.05) is 0 Å². The first-order valence-electron chi connectivity index (χ1n) is 28.6. The third-order valence-corrected chi connectivity index (χ3v) is 18.1. The molecular formula is C78H64O2. The number of aryl methyl sites for hydroxylation is 2. The smallest absolute Gasteiger partial charge is 0.135 e. The van der Waals surface area contributed by atoms with Crippen LogP contribution in [-0.2, 0) is 23.7 Å². The summed E-state index contributed by atoms with van der Waals surface area (Å²) in [5.74, 6) is 0. The van der Waals surface area contributed by atoms with E-state index in [0.29, 0.717) is 0 Å². The average molecular weight is 1030 g/mol. The monoisotopic (exact) mass is 1030 g/mol. The standard InChI is InChI=1S/C69H52O2.C9H12/c1-41-15-7-6-8-16-42-23-24-45(39-60(42)68(41,2)3)43-26-31-53-57(35-43)66(47-28-33-64-55(37-47)51-18-10-13-21-62(51)70-64)54-32-27-44(46-25-30-50-49-17-9-12-20-59(49)69(4,5)61(50)40-46)36-58(54)67(53)48-29-34-65-56(38-48)52-19-11-14-22-63(52)71-65;1-3-9-7-5-4-6-8(9)2/h6-15,17-24,26-29,31-40H,1,16,25,30H2,2-5H3;4-7H,3H2,1-2H3/b8-6-,15-7-;. The molecule has 0 bridgehead atoms. The van der Waals surface area contributed by atoms with Crippen LogP contribution < -0.4 is 0 Å². The van der Waals surface area contributed by atoms with E-state index in [9.17, 15) is 0 Å². The Morgan fingerprint density at radius 3 is 1.68 bits per heavy atom. The molecule has 10 aromatic carbocycles. The summed E-state index contributed by atoms with van der Waals surface area (Å²) in [7, 11) is 0. The van der Waals surface area contributed by atoms with Gasteiger partial charge in [0.15, 0.2) is 0 Å². The van der Waals surface area contributed by atoms with Gasteiger partial charge < -0.3 is 8.83 Å². The van der Waals surface area contributed by atoms with Gasteiger partial charge in [0.1, 0.15) is 22.3 Å². The van der Waals surface area contributed by atoms with Gasteiger partial charge in [0, 0.05) is 32.4 Å². The molecule has 388 valence electrons. The van der Waals surface area contributed by atoms with Crippen LogP contribution in [0.5, 0.6) is 0 Å². The van der Waals surface area contributed by atoms with Crippen LogP contribution in [0.3, 0.4) is 0 Å². The first-order valence-corrected chi connectivity index (χ1v) is 28.6. The second-order valence-corrected chi connectivity index (χ2v) is 23.4. The molecule has 0 aliphatic heterocycles. The molecule has 80 heavy (non-hydrogen) atoms. The third-order valence-electron chi connectivity index (χ3n) is 18.1. The highest BCUT2D eigenvalue weighted by molar-refractivity contribution is 6.24. The zero-order valence-corrected chi connectivity index (χ0v) is 46.6. The lowest BCUT2D eigenvalue weighted by molar-refractivity contribution is 0.635. The Bertz CT molecular complexity index is 4680. The Labute approximate surface area is 469 Å². The van der Waals surface area contributed by atoms with Gasteiger partial charge in [0.05, 0.1) is 0 Å². The Morgan fingerprint density at radius 1 is 0.463 bits per heavy atom.